The number of hydrogen-bond acceptors (Lipinski definition) is 3. The second-order valence-corrected chi connectivity index (χ2v) is 8.30. The highest BCUT2D eigenvalue weighted by Gasteiger charge is 2.20. The number of carbonyl (C=O) groups excluding carboxylic acids is 1. The molecule has 0 spiro atoms. The lowest BCUT2D eigenvalue weighted by Gasteiger charge is -2.18. The van der Waals surface area contributed by atoms with Crippen molar-refractivity contribution < 1.29 is 4.79 Å². The molecule has 0 unspecified atom stereocenters. The van der Waals surface area contributed by atoms with Gasteiger partial charge in [-0.15, -0.1) is 11.3 Å². The molecule has 1 amide bonds. The molecule has 0 bridgehead atoms. The second kappa shape index (κ2) is 6.97. The topological polar surface area (TPSA) is 32.3 Å². The number of rotatable bonds is 3. The van der Waals surface area contributed by atoms with E-state index in [2.05, 4.69) is 40.5 Å². The zero-order valence-corrected chi connectivity index (χ0v) is 16.6. The van der Waals surface area contributed by atoms with E-state index < -0.39 is 0 Å². The molecule has 28 heavy (non-hydrogen) atoms. The van der Waals surface area contributed by atoms with Gasteiger partial charge in [0.2, 0.25) is 0 Å². The molecule has 0 radical (unpaired) electrons. The van der Waals surface area contributed by atoms with Gasteiger partial charge in [-0.3, -0.25) is 4.79 Å². The van der Waals surface area contributed by atoms with Crippen LogP contribution in [0.5, 0.6) is 0 Å². The van der Waals surface area contributed by atoms with Crippen molar-refractivity contribution in [3.63, 3.8) is 0 Å². The molecule has 0 atom stereocenters. The number of benzene rings is 3. The molecule has 1 aliphatic rings. The van der Waals surface area contributed by atoms with Crippen LogP contribution in [-0.2, 0) is 13.1 Å². The first-order chi connectivity index (χ1) is 13.7. The van der Waals surface area contributed by atoms with Crippen molar-refractivity contribution in [2.45, 2.75) is 13.1 Å². The van der Waals surface area contributed by atoms with Crippen LogP contribution in [0.3, 0.4) is 0 Å². The Labute approximate surface area is 172 Å². The van der Waals surface area contributed by atoms with Crippen molar-refractivity contribution in [2.75, 3.05) is 10.2 Å². The van der Waals surface area contributed by atoms with E-state index in [1.807, 2.05) is 42.5 Å². The maximum Gasteiger partial charge on any atom is 0.267 e. The van der Waals surface area contributed by atoms with Crippen molar-refractivity contribution in [3.8, 4) is 0 Å². The Morgan fingerprint density at radius 2 is 1.64 bits per heavy atom. The normalized spacial score (nSPS) is 13.0. The first-order valence-electron chi connectivity index (χ1n) is 9.09. The number of amides is 1. The van der Waals surface area contributed by atoms with Gasteiger partial charge in [-0.1, -0.05) is 60.1 Å². The molecule has 1 aliphatic heterocycles. The number of thiophene rings is 1. The van der Waals surface area contributed by atoms with Crippen LogP contribution in [0.4, 0.5) is 11.4 Å². The summed E-state index contributed by atoms with van der Waals surface area (Å²) < 4.78 is 1.02. The summed E-state index contributed by atoms with van der Waals surface area (Å²) in [5.41, 5.74) is 4.58. The average molecular weight is 405 g/mol. The number of carbonyl (C=O) groups is 1. The molecule has 5 rings (SSSR count). The molecule has 0 saturated heterocycles. The minimum atomic E-state index is -0.173. The molecule has 1 N–H and O–H groups in total. The van der Waals surface area contributed by atoms with Crippen molar-refractivity contribution >= 4 is 50.3 Å². The highest BCUT2D eigenvalue weighted by atomic mass is 35.5. The Hall–Kier alpha value is -2.82. The van der Waals surface area contributed by atoms with Gasteiger partial charge in [0.1, 0.15) is 4.88 Å². The Morgan fingerprint density at radius 1 is 0.929 bits per heavy atom. The van der Waals surface area contributed by atoms with Crippen molar-refractivity contribution in [1.29, 1.82) is 0 Å². The molecule has 5 heteroatoms. The maximum atomic E-state index is 12.8. The third-order valence-corrected chi connectivity index (χ3v) is 6.73. The molecule has 2 heterocycles. The molecule has 4 aromatic rings. The third-order valence-electron chi connectivity index (χ3n) is 5.05. The summed E-state index contributed by atoms with van der Waals surface area (Å²) in [6.07, 6.45) is 0. The molecule has 0 aliphatic carbocycles. The van der Waals surface area contributed by atoms with Crippen molar-refractivity contribution in [2.24, 2.45) is 0 Å². The van der Waals surface area contributed by atoms with E-state index in [0.717, 1.165) is 34.6 Å². The Balaban J connectivity index is 1.38. The summed E-state index contributed by atoms with van der Waals surface area (Å²) in [6.45, 7) is 1.77. The fourth-order valence-corrected chi connectivity index (χ4v) is 5.06. The van der Waals surface area contributed by atoms with E-state index in [0.29, 0.717) is 9.90 Å². The quantitative estimate of drug-likeness (QED) is 0.433. The van der Waals surface area contributed by atoms with Crippen LogP contribution in [-0.4, -0.2) is 5.91 Å². The second-order valence-electron chi connectivity index (χ2n) is 6.87. The van der Waals surface area contributed by atoms with Crippen molar-refractivity contribution in [3.05, 3.63) is 93.8 Å². The van der Waals surface area contributed by atoms with E-state index in [-0.39, 0.29) is 5.91 Å². The van der Waals surface area contributed by atoms with Gasteiger partial charge in [0.15, 0.2) is 0 Å². The van der Waals surface area contributed by atoms with Gasteiger partial charge in [0, 0.05) is 34.6 Å². The van der Waals surface area contributed by atoms with Gasteiger partial charge in [0.05, 0.1) is 5.02 Å². The van der Waals surface area contributed by atoms with Crippen LogP contribution >= 0.6 is 22.9 Å². The summed E-state index contributed by atoms with van der Waals surface area (Å²) in [7, 11) is 0. The Bertz CT molecular complexity index is 1180. The zero-order chi connectivity index (χ0) is 19.1. The molecular weight excluding hydrogens is 388 g/mol. The highest BCUT2D eigenvalue weighted by Crippen LogP contribution is 2.36. The van der Waals surface area contributed by atoms with Gasteiger partial charge < -0.3 is 10.2 Å². The molecular formula is C23H17ClN2OS. The van der Waals surface area contributed by atoms with Gasteiger partial charge in [-0.25, -0.2) is 0 Å². The van der Waals surface area contributed by atoms with Crippen LogP contribution in [0.25, 0.3) is 10.1 Å². The lowest BCUT2D eigenvalue weighted by molar-refractivity contribution is 0.103. The van der Waals surface area contributed by atoms with Gasteiger partial charge in [-0.2, -0.15) is 0 Å². The fraction of sp³-hybridized carbons (Fsp3) is 0.0870. The number of nitrogens with one attached hydrogen (secondary N) is 1. The van der Waals surface area contributed by atoms with Gasteiger partial charge in [0.25, 0.3) is 5.91 Å². The predicted molar refractivity (Wildman–Crippen MR) is 118 cm³/mol. The molecule has 0 saturated carbocycles. The first-order valence-corrected chi connectivity index (χ1v) is 10.3. The first kappa shape index (κ1) is 17.3. The van der Waals surface area contributed by atoms with E-state index in [1.165, 1.54) is 22.5 Å². The third kappa shape index (κ3) is 3.05. The number of fused-ring (bicyclic) bond motifs is 2. The Morgan fingerprint density at radius 3 is 2.39 bits per heavy atom. The lowest BCUT2D eigenvalue weighted by Crippen LogP contribution is -2.15. The van der Waals surface area contributed by atoms with Crippen molar-refractivity contribution in [1.82, 2.24) is 0 Å². The summed E-state index contributed by atoms with van der Waals surface area (Å²) in [6, 6.07) is 24.3. The average Bonchev–Trinajstić information content (AvgIpc) is 3.30. The minimum Gasteiger partial charge on any atom is -0.363 e. The van der Waals surface area contributed by atoms with Crippen LogP contribution < -0.4 is 10.2 Å². The van der Waals surface area contributed by atoms with E-state index in [1.54, 1.807) is 0 Å². The standard InChI is InChI=1S/C23H17ClN2OS/c24-21-19-10-3-4-11-20(19)28-22(21)23(27)25-17-8-5-9-18(12-17)26-13-15-6-1-2-7-16(15)14-26/h1-12H,13-14H2,(H,25,27). The monoisotopic (exact) mass is 404 g/mol. The summed E-state index contributed by atoms with van der Waals surface area (Å²) in [5.74, 6) is -0.173. The van der Waals surface area contributed by atoms with Crippen LogP contribution in [0.1, 0.15) is 20.8 Å². The predicted octanol–water partition coefficient (Wildman–Crippen LogP) is 6.33. The number of anilines is 2. The van der Waals surface area contributed by atoms with E-state index >= 15 is 0 Å². The van der Waals surface area contributed by atoms with Crippen LogP contribution in [0.2, 0.25) is 5.02 Å². The largest absolute Gasteiger partial charge is 0.363 e. The SMILES string of the molecule is O=C(Nc1cccc(N2Cc3ccccc3C2)c1)c1sc2ccccc2c1Cl. The van der Waals surface area contributed by atoms with Gasteiger partial charge >= 0.3 is 0 Å². The smallest absolute Gasteiger partial charge is 0.267 e. The van der Waals surface area contributed by atoms with Gasteiger partial charge in [-0.05, 0) is 35.4 Å². The van der Waals surface area contributed by atoms with E-state index in [4.69, 9.17) is 11.6 Å². The highest BCUT2D eigenvalue weighted by molar-refractivity contribution is 7.21. The zero-order valence-electron chi connectivity index (χ0n) is 15.0. The van der Waals surface area contributed by atoms with Crippen LogP contribution in [0, 0.1) is 0 Å². The molecule has 3 nitrogen and oxygen atoms in total. The number of nitrogens with zero attached hydrogens (tertiary/aromatic N) is 1. The number of hydrogen-bond donors (Lipinski definition) is 1. The Kier molecular flexibility index (Phi) is 4.30. The van der Waals surface area contributed by atoms with Crippen LogP contribution in [0.15, 0.2) is 72.8 Å². The molecule has 0 fully saturated rings. The lowest BCUT2D eigenvalue weighted by atomic mass is 10.1. The minimum absolute atomic E-state index is 0.173. The summed E-state index contributed by atoms with van der Waals surface area (Å²) in [4.78, 5) is 15.7. The molecule has 1 aromatic heterocycles. The molecule has 138 valence electrons. The summed E-state index contributed by atoms with van der Waals surface area (Å²) in [5, 5.41) is 4.44. The fourth-order valence-electron chi connectivity index (χ4n) is 3.64. The van der Waals surface area contributed by atoms with E-state index in [9.17, 15) is 4.79 Å². The number of halogens is 1. The molecule has 3 aromatic carbocycles. The maximum absolute atomic E-state index is 12.8. The summed E-state index contributed by atoms with van der Waals surface area (Å²) >= 11 is 7.86.